The standard InChI is InChI=1S/C29H32N4O2S/c1-3-4-17-35-25-12-8-9-22(18-25)27-23(20-33(31-27)24-10-6-5-7-11-24)19-26-28(34)30-29(36-26)32-15-13-21(2)14-16-32/h5-12,18-21H,3-4,13-17H2,1-2H3. The van der Waals surface area contributed by atoms with Gasteiger partial charge < -0.3 is 9.64 Å². The molecule has 1 saturated heterocycles. The van der Waals surface area contributed by atoms with Crippen molar-refractivity contribution in [3.8, 4) is 22.7 Å². The number of unbranched alkanes of at least 4 members (excludes halogenated alkanes) is 1. The van der Waals surface area contributed by atoms with Crippen molar-refractivity contribution in [3.05, 3.63) is 71.3 Å². The number of benzene rings is 2. The fourth-order valence-electron chi connectivity index (χ4n) is 4.37. The zero-order valence-electron chi connectivity index (χ0n) is 20.9. The average Bonchev–Trinajstić information content (AvgIpc) is 3.49. The summed E-state index contributed by atoms with van der Waals surface area (Å²) in [4.78, 5) is 20.1. The highest BCUT2D eigenvalue weighted by Gasteiger charge is 2.28. The number of piperidine rings is 1. The summed E-state index contributed by atoms with van der Waals surface area (Å²) in [6, 6.07) is 18.0. The first-order valence-corrected chi connectivity index (χ1v) is 13.6. The molecule has 2 aliphatic rings. The molecule has 3 heterocycles. The molecule has 0 atom stereocenters. The van der Waals surface area contributed by atoms with Crippen LogP contribution in [0.2, 0.25) is 0 Å². The molecule has 7 heteroatoms. The van der Waals surface area contributed by atoms with Crippen molar-refractivity contribution in [2.75, 3.05) is 19.7 Å². The Balaban J connectivity index is 1.46. The predicted octanol–water partition coefficient (Wildman–Crippen LogP) is 6.42. The van der Waals surface area contributed by atoms with Gasteiger partial charge in [0.2, 0.25) is 0 Å². The normalized spacial score (nSPS) is 17.6. The Morgan fingerprint density at radius 3 is 2.69 bits per heavy atom. The third-order valence-electron chi connectivity index (χ3n) is 6.59. The lowest BCUT2D eigenvalue weighted by Gasteiger charge is -2.30. The lowest BCUT2D eigenvalue weighted by molar-refractivity contribution is -0.113. The van der Waals surface area contributed by atoms with Crippen LogP contribution >= 0.6 is 11.8 Å². The molecule has 0 aliphatic carbocycles. The first-order chi connectivity index (χ1) is 17.6. The van der Waals surface area contributed by atoms with Gasteiger partial charge in [-0.1, -0.05) is 50.6 Å². The monoisotopic (exact) mass is 500 g/mol. The molecule has 36 heavy (non-hydrogen) atoms. The molecule has 0 unspecified atom stereocenters. The largest absolute Gasteiger partial charge is 0.494 e. The van der Waals surface area contributed by atoms with E-state index >= 15 is 0 Å². The van der Waals surface area contributed by atoms with Crippen LogP contribution in [0.3, 0.4) is 0 Å². The minimum absolute atomic E-state index is 0.177. The van der Waals surface area contributed by atoms with Gasteiger partial charge in [-0.2, -0.15) is 10.1 Å². The molecule has 0 N–H and O–H groups in total. The number of carbonyl (C=O) groups excluding carboxylic acids is 1. The Morgan fingerprint density at radius 2 is 1.92 bits per heavy atom. The number of likely N-dealkylation sites (tertiary alicyclic amines) is 1. The summed E-state index contributed by atoms with van der Waals surface area (Å²) in [5.74, 6) is 1.38. The summed E-state index contributed by atoms with van der Waals surface area (Å²) in [5, 5.41) is 5.74. The highest BCUT2D eigenvalue weighted by atomic mass is 32.2. The number of rotatable bonds is 7. The van der Waals surface area contributed by atoms with E-state index in [1.807, 2.05) is 71.6 Å². The van der Waals surface area contributed by atoms with E-state index in [4.69, 9.17) is 9.84 Å². The van der Waals surface area contributed by atoms with Crippen molar-refractivity contribution in [3.63, 3.8) is 0 Å². The molecular weight excluding hydrogens is 468 g/mol. The predicted molar refractivity (Wildman–Crippen MR) is 147 cm³/mol. The van der Waals surface area contributed by atoms with Crippen molar-refractivity contribution in [1.29, 1.82) is 0 Å². The Kier molecular flexibility index (Phi) is 7.56. The fourth-order valence-corrected chi connectivity index (χ4v) is 5.33. The molecule has 3 aromatic rings. The Hall–Kier alpha value is -3.32. The van der Waals surface area contributed by atoms with Crippen LogP contribution in [-0.2, 0) is 4.79 Å². The number of amides is 1. The van der Waals surface area contributed by atoms with Crippen LogP contribution in [0.5, 0.6) is 5.75 Å². The van der Waals surface area contributed by atoms with Gasteiger partial charge in [0.25, 0.3) is 5.91 Å². The third kappa shape index (κ3) is 5.57. The summed E-state index contributed by atoms with van der Waals surface area (Å²) < 4.78 is 7.81. The summed E-state index contributed by atoms with van der Waals surface area (Å²) in [7, 11) is 0. The van der Waals surface area contributed by atoms with Gasteiger partial charge in [-0.3, -0.25) is 4.79 Å². The third-order valence-corrected chi connectivity index (χ3v) is 7.63. The number of hydrogen-bond donors (Lipinski definition) is 0. The van der Waals surface area contributed by atoms with Crippen LogP contribution in [-0.4, -0.2) is 45.5 Å². The highest BCUT2D eigenvalue weighted by Crippen LogP contribution is 2.35. The van der Waals surface area contributed by atoms with E-state index in [0.29, 0.717) is 11.5 Å². The van der Waals surface area contributed by atoms with Crippen LogP contribution in [0.25, 0.3) is 23.0 Å². The summed E-state index contributed by atoms with van der Waals surface area (Å²) >= 11 is 1.47. The maximum atomic E-state index is 12.9. The van der Waals surface area contributed by atoms with Crippen LogP contribution in [0, 0.1) is 5.92 Å². The first kappa shape index (κ1) is 24.4. The summed E-state index contributed by atoms with van der Waals surface area (Å²) in [6.45, 7) is 7.03. The number of aliphatic imine (C=N–C) groups is 1. The second kappa shape index (κ2) is 11.2. The molecule has 0 radical (unpaired) electrons. The molecule has 2 aromatic carbocycles. The average molecular weight is 501 g/mol. The summed E-state index contributed by atoms with van der Waals surface area (Å²) in [6.07, 6.45) is 8.29. The van der Waals surface area contributed by atoms with Gasteiger partial charge in [-0.15, -0.1) is 0 Å². The van der Waals surface area contributed by atoms with E-state index in [1.165, 1.54) is 11.8 Å². The van der Waals surface area contributed by atoms with Crippen molar-refractivity contribution < 1.29 is 9.53 Å². The minimum atomic E-state index is -0.177. The van der Waals surface area contributed by atoms with Gasteiger partial charge in [-0.25, -0.2) is 4.68 Å². The fraction of sp³-hybridized carbons (Fsp3) is 0.345. The lowest BCUT2D eigenvalue weighted by atomic mass is 10.00. The molecule has 186 valence electrons. The zero-order chi connectivity index (χ0) is 24.9. The second-order valence-corrected chi connectivity index (χ2v) is 10.4. The molecule has 5 rings (SSSR count). The second-order valence-electron chi connectivity index (χ2n) is 9.42. The smallest absolute Gasteiger partial charge is 0.286 e. The van der Waals surface area contributed by atoms with Gasteiger partial charge in [0.15, 0.2) is 5.17 Å². The van der Waals surface area contributed by atoms with Crippen molar-refractivity contribution in [1.82, 2.24) is 14.7 Å². The van der Waals surface area contributed by atoms with E-state index in [9.17, 15) is 4.79 Å². The van der Waals surface area contributed by atoms with Crippen molar-refractivity contribution in [2.45, 2.75) is 39.5 Å². The number of carbonyl (C=O) groups is 1. The van der Waals surface area contributed by atoms with E-state index in [1.54, 1.807) is 0 Å². The Labute approximate surface area is 217 Å². The van der Waals surface area contributed by atoms with Crippen LogP contribution in [0.15, 0.2) is 70.7 Å². The number of nitrogens with zero attached hydrogens (tertiary/aromatic N) is 4. The first-order valence-electron chi connectivity index (χ1n) is 12.8. The zero-order valence-corrected chi connectivity index (χ0v) is 21.7. The van der Waals surface area contributed by atoms with E-state index in [0.717, 1.165) is 78.1 Å². The van der Waals surface area contributed by atoms with Crippen LogP contribution in [0.1, 0.15) is 45.1 Å². The molecule has 0 saturated carbocycles. The van der Waals surface area contributed by atoms with E-state index in [-0.39, 0.29) is 5.91 Å². The number of amidine groups is 1. The van der Waals surface area contributed by atoms with Gasteiger partial charge >= 0.3 is 0 Å². The van der Waals surface area contributed by atoms with Crippen molar-refractivity contribution >= 4 is 28.9 Å². The maximum absolute atomic E-state index is 12.9. The van der Waals surface area contributed by atoms with Crippen molar-refractivity contribution in [2.24, 2.45) is 10.9 Å². The number of ether oxygens (including phenoxy) is 1. The van der Waals surface area contributed by atoms with Gasteiger partial charge in [0.1, 0.15) is 11.4 Å². The van der Waals surface area contributed by atoms with Crippen LogP contribution in [0.4, 0.5) is 0 Å². The minimum Gasteiger partial charge on any atom is -0.494 e. The SMILES string of the molecule is CCCCOc1cccc(-c2nn(-c3ccccc3)cc2C=C2SC(N3CCC(C)CC3)=NC2=O)c1. The van der Waals surface area contributed by atoms with Crippen LogP contribution < -0.4 is 4.74 Å². The highest BCUT2D eigenvalue weighted by molar-refractivity contribution is 8.18. The molecule has 1 fully saturated rings. The molecule has 0 spiro atoms. The Morgan fingerprint density at radius 1 is 1.11 bits per heavy atom. The quantitative estimate of drug-likeness (QED) is 0.277. The van der Waals surface area contributed by atoms with E-state index in [2.05, 4.69) is 23.7 Å². The summed E-state index contributed by atoms with van der Waals surface area (Å²) in [5.41, 5.74) is 3.60. The maximum Gasteiger partial charge on any atom is 0.286 e. The number of thioether (sulfide) groups is 1. The molecule has 6 nitrogen and oxygen atoms in total. The lowest BCUT2D eigenvalue weighted by Crippen LogP contribution is -2.35. The molecule has 2 aliphatic heterocycles. The van der Waals surface area contributed by atoms with E-state index < -0.39 is 0 Å². The van der Waals surface area contributed by atoms with Gasteiger partial charge in [-0.05, 0) is 67.3 Å². The molecule has 1 aromatic heterocycles. The number of para-hydroxylation sites is 1. The number of aromatic nitrogens is 2. The molecule has 0 bridgehead atoms. The Bertz CT molecular complexity index is 1270. The van der Waals surface area contributed by atoms with Gasteiger partial charge in [0, 0.05) is 30.4 Å². The number of hydrogen-bond acceptors (Lipinski definition) is 5. The molecular formula is C29H32N4O2S. The molecule has 1 amide bonds. The topological polar surface area (TPSA) is 59.7 Å². The van der Waals surface area contributed by atoms with Gasteiger partial charge in [0.05, 0.1) is 17.2 Å².